The van der Waals surface area contributed by atoms with E-state index < -0.39 is 0 Å². The monoisotopic (exact) mass is 250 g/mol. The molecule has 1 atom stereocenters. The molecule has 2 N–H and O–H groups in total. The van der Waals surface area contributed by atoms with E-state index in [1.54, 1.807) is 7.11 Å². The first-order valence-corrected chi connectivity index (χ1v) is 6.74. The number of anilines is 1. The van der Waals surface area contributed by atoms with Gasteiger partial charge in [0.15, 0.2) is 0 Å². The van der Waals surface area contributed by atoms with Gasteiger partial charge in [0, 0.05) is 18.8 Å². The molecule has 0 radical (unpaired) electrons. The standard InChI is InChI=1S/C15H26N2O/c1-4-17(13(2)12-18-3)10-6-8-14-7-5-9-15(16)11-14/h5,7,9,11,13H,4,6,8,10,12,16H2,1-3H3. The van der Waals surface area contributed by atoms with Crippen molar-refractivity contribution in [2.75, 3.05) is 32.5 Å². The van der Waals surface area contributed by atoms with Gasteiger partial charge in [-0.1, -0.05) is 19.1 Å². The highest BCUT2D eigenvalue weighted by Crippen LogP contribution is 2.10. The zero-order chi connectivity index (χ0) is 13.4. The molecule has 102 valence electrons. The number of methoxy groups -OCH3 is 1. The number of likely N-dealkylation sites (N-methyl/N-ethyl adjacent to an activating group) is 1. The Balaban J connectivity index is 2.35. The Morgan fingerprint density at radius 1 is 1.39 bits per heavy atom. The van der Waals surface area contributed by atoms with Gasteiger partial charge in [0.05, 0.1) is 6.61 Å². The summed E-state index contributed by atoms with van der Waals surface area (Å²) in [6, 6.07) is 8.65. The summed E-state index contributed by atoms with van der Waals surface area (Å²) in [4.78, 5) is 2.45. The van der Waals surface area contributed by atoms with Crippen LogP contribution in [-0.2, 0) is 11.2 Å². The van der Waals surface area contributed by atoms with Crippen molar-refractivity contribution in [3.63, 3.8) is 0 Å². The first kappa shape index (κ1) is 15.0. The highest BCUT2D eigenvalue weighted by molar-refractivity contribution is 5.40. The quantitative estimate of drug-likeness (QED) is 0.721. The van der Waals surface area contributed by atoms with E-state index in [-0.39, 0.29) is 0 Å². The summed E-state index contributed by atoms with van der Waals surface area (Å²) >= 11 is 0. The van der Waals surface area contributed by atoms with Crippen molar-refractivity contribution >= 4 is 5.69 Å². The number of ether oxygens (including phenoxy) is 1. The number of rotatable bonds is 8. The molecule has 0 amide bonds. The highest BCUT2D eigenvalue weighted by atomic mass is 16.5. The molecule has 1 aromatic rings. The molecular weight excluding hydrogens is 224 g/mol. The Kier molecular flexibility index (Phi) is 6.76. The molecule has 1 rings (SSSR count). The van der Waals surface area contributed by atoms with Crippen molar-refractivity contribution in [1.82, 2.24) is 4.90 Å². The zero-order valence-corrected chi connectivity index (χ0v) is 11.9. The maximum atomic E-state index is 5.78. The van der Waals surface area contributed by atoms with Crippen molar-refractivity contribution in [2.24, 2.45) is 0 Å². The summed E-state index contributed by atoms with van der Waals surface area (Å²) < 4.78 is 5.21. The maximum absolute atomic E-state index is 5.78. The van der Waals surface area contributed by atoms with Crippen molar-refractivity contribution in [3.8, 4) is 0 Å². The molecule has 0 heterocycles. The molecule has 1 aromatic carbocycles. The fourth-order valence-electron chi connectivity index (χ4n) is 2.27. The van der Waals surface area contributed by atoms with Gasteiger partial charge in [-0.2, -0.15) is 0 Å². The zero-order valence-electron chi connectivity index (χ0n) is 11.9. The van der Waals surface area contributed by atoms with Crippen LogP contribution in [0.15, 0.2) is 24.3 Å². The number of nitrogens with two attached hydrogens (primary N) is 1. The molecule has 0 bridgehead atoms. The van der Waals surface area contributed by atoms with Crippen LogP contribution in [0.3, 0.4) is 0 Å². The molecule has 1 unspecified atom stereocenters. The predicted octanol–water partition coefficient (Wildman–Crippen LogP) is 2.56. The van der Waals surface area contributed by atoms with Crippen LogP contribution in [0.1, 0.15) is 25.8 Å². The van der Waals surface area contributed by atoms with Gasteiger partial charge in [0.25, 0.3) is 0 Å². The number of benzene rings is 1. The first-order chi connectivity index (χ1) is 8.67. The second-order valence-corrected chi connectivity index (χ2v) is 4.78. The van der Waals surface area contributed by atoms with Gasteiger partial charge < -0.3 is 10.5 Å². The number of aryl methyl sites for hydroxylation is 1. The van der Waals surface area contributed by atoms with Gasteiger partial charge in [-0.25, -0.2) is 0 Å². The van der Waals surface area contributed by atoms with Gasteiger partial charge in [0.1, 0.15) is 0 Å². The average molecular weight is 250 g/mol. The predicted molar refractivity (Wildman–Crippen MR) is 77.8 cm³/mol. The number of hydrogen-bond acceptors (Lipinski definition) is 3. The number of hydrogen-bond donors (Lipinski definition) is 1. The van der Waals surface area contributed by atoms with Crippen molar-refractivity contribution in [3.05, 3.63) is 29.8 Å². The highest BCUT2D eigenvalue weighted by Gasteiger charge is 2.10. The summed E-state index contributed by atoms with van der Waals surface area (Å²) in [6.45, 7) is 7.39. The molecule has 3 heteroatoms. The minimum absolute atomic E-state index is 0.487. The lowest BCUT2D eigenvalue weighted by molar-refractivity contribution is 0.102. The molecule has 0 fully saturated rings. The smallest absolute Gasteiger partial charge is 0.0615 e. The van der Waals surface area contributed by atoms with E-state index in [1.165, 1.54) is 5.56 Å². The summed E-state index contributed by atoms with van der Waals surface area (Å²) in [5.74, 6) is 0. The van der Waals surface area contributed by atoms with E-state index in [4.69, 9.17) is 10.5 Å². The number of nitrogens with zero attached hydrogens (tertiary/aromatic N) is 1. The van der Waals surface area contributed by atoms with Gasteiger partial charge in [-0.15, -0.1) is 0 Å². The fourth-order valence-corrected chi connectivity index (χ4v) is 2.27. The van der Waals surface area contributed by atoms with E-state index in [1.807, 2.05) is 12.1 Å². The molecule has 0 spiro atoms. The molecule has 3 nitrogen and oxygen atoms in total. The molecular formula is C15H26N2O. The SMILES string of the molecule is CCN(CCCc1cccc(N)c1)C(C)COC. The van der Waals surface area contributed by atoms with Crippen LogP contribution < -0.4 is 5.73 Å². The van der Waals surface area contributed by atoms with Crippen LogP contribution in [0.25, 0.3) is 0 Å². The Morgan fingerprint density at radius 2 is 2.17 bits per heavy atom. The summed E-state index contributed by atoms with van der Waals surface area (Å²) in [5, 5.41) is 0. The van der Waals surface area contributed by atoms with Crippen molar-refractivity contribution in [2.45, 2.75) is 32.7 Å². The topological polar surface area (TPSA) is 38.5 Å². The largest absolute Gasteiger partial charge is 0.399 e. The average Bonchev–Trinajstić information content (AvgIpc) is 2.35. The Bertz CT molecular complexity index is 341. The first-order valence-electron chi connectivity index (χ1n) is 6.74. The van der Waals surface area contributed by atoms with Gasteiger partial charge >= 0.3 is 0 Å². The lowest BCUT2D eigenvalue weighted by atomic mass is 10.1. The third-order valence-electron chi connectivity index (χ3n) is 3.30. The van der Waals surface area contributed by atoms with E-state index >= 15 is 0 Å². The normalized spacial score (nSPS) is 12.9. The maximum Gasteiger partial charge on any atom is 0.0615 e. The van der Waals surface area contributed by atoms with Crippen LogP contribution in [-0.4, -0.2) is 37.7 Å². The summed E-state index contributed by atoms with van der Waals surface area (Å²) in [6.07, 6.45) is 2.24. The molecule has 0 aliphatic rings. The molecule has 18 heavy (non-hydrogen) atoms. The van der Waals surface area contributed by atoms with Crippen LogP contribution in [0, 0.1) is 0 Å². The van der Waals surface area contributed by atoms with Crippen molar-refractivity contribution in [1.29, 1.82) is 0 Å². The Labute approximate surface area is 111 Å². The van der Waals surface area contributed by atoms with Crippen molar-refractivity contribution < 1.29 is 4.74 Å². The van der Waals surface area contributed by atoms with Crippen LogP contribution >= 0.6 is 0 Å². The van der Waals surface area contributed by atoms with Crippen LogP contribution in [0.2, 0.25) is 0 Å². The molecule has 0 aliphatic carbocycles. The minimum atomic E-state index is 0.487. The molecule has 0 aliphatic heterocycles. The second-order valence-electron chi connectivity index (χ2n) is 4.78. The fraction of sp³-hybridized carbons (Fsp3) is 0.600. The Morgan fingerprint density at radius 3 is 2.78 bits per heavy atom. The van der Waals surface area contributed by atoms with E-state index in [0.29, 0.717) is 6.04 Å². The van der Waals surface area contributed by atoms with E-state index in [0.717, 1.165) is 38.2 Å². The third-order valence-corrected chi connectivity index (χ3v) is 3.30. The molecule has 0 aromatic heterocycles. The lowest BCUT2D eigenvalue weighted by Gasteiger charge is -2.27. The van der Waals surface area contributed by atoms with E-state index in [2.05, 4.69) is 30.9 Å². The molecule has 0 saturated heterocycles. The van der Waals surface area contributed by atoms with Gasteiger partial charge in [0.2, 0.25) is 0 Å². The van der Waals surface area contributed by atoms with Gasteiger partial charge in [-0.05, 0) is 50.6 Å². The summed E-state index contributed by atoms with van der Waals surface area (Å²) in [5.41, 5.74) is 7.96. The van der Waals surface area contributed by atoms with E-state index in [9.17, 15) is 0 Å². The van der Waals surface area contributed by atoms with Gasteiger partial charge in [-0.3, -0.25) is 4.90 Å². The van der Waals surface area contributed by atoms with Crippen LogP contribution in [0.4, 0.5) is 5.69 Å². The molecule has 0 saturated carbocycles. The second kappa shape index (κ2) is 8.11. The summed E-state index contributed by atoms with van der Waals surface area (Å²) in [7, 11) is 1.76. The Hall–Kier alpha value is -1.06. The lowest BCUT2D eigenvalue weighted by Crippen LogP contribution is -2.36. The van der Waals surface area contributed by atoms with Crippen LogP contribution in [0.5, 0.6) is 0 Å². The number of nitrogen functional groups attached to an aromatic ring is 1. The third kappa shape index (κ3) is 5.07. The minimum Gasteiger partial charge on any atom is -0.399 e.